The standard InChI is InChI=1S/C8H17NO2/c1-4-8(2,3)7(11)9-5-6-10/h10H,4-6H2,1-3H3,(H,9,11). The third-order valence-electron chi connectivity index (χ3n) is 1.90. The predicted molar refractivity (Wildman–Crippen MR) is 44.2 cm³/mol. The van der Waals surface area contributed by atoms with Gasteiger partial charge in [-0.25, -0.2) is 0 Å². The molecule has 0 aliphatic rings. The maximum absolute atomic E-state index is 11.2. The summed E-state index contributed by atoms with van der Waals surface area (Å²) >= 11 is 0. The number of aliphatic hydroxyl groups excluding tert-OH is 1. The van der Waals surface area contributed by atoms with Gasteiger partial charge in [-0.05, 0) is 6.42 Å². The number of carbonyl (C=O) groups is 1. The summed E-state index contributed by atoms with van der Waals surface area (Å²) in [6.45, 7) is 6.10. The first-order valence-electron chi connectivity index (χ1n) is 3.93. The number of rotatable bonds is 4. The Hall–Kier alpha value is -0.570. The quantitative estimate of drug-likeness (QED) is 0.628. The van der Waals surface area contributed by atoms with E-state index in [4.69, 9.17) is 5.11 Å². The SMILES string of the molecule is CCC(C)(C)C(=O)NCCO. The summed E-state index contributed by atoms with van der Waals surface area (Å²) in [6.07, 6.45) is 0.810. The van der Waals surface area contributed by atoms with Gasteiger partial charge < -0.3 is 10.4 Å². The summed E-state index contributed by atoms with van der Waals surface area (Å²) in [5.41, 5.74) is -0.310. The fourth-order valence-corrected chi connectivity index (χ4v) is 0.569. The first-order chi connectivity index (χ1) is 5.04. The molecule has 2 N–H and O–H groups in total. The Morgan fingerprint density at radius 3 is 2.45 bits per heavy atom. The average Bonchev–Trinajstić information content (AvgIpc) is 2.00. The lowest BCUT2D eigenvalue weighted by molar-refractivity contribution is -0.129. The molecule has 0 rings (SSSR count). The molecule has 0 aliphatic carbocycles. The van der Waals surface area contributed by atoms with Crippen molar-refractivity contribution in [2.24, 2.45) is 5.41 Å². The molecule has 0 aromatic carbocycles. The second-order valence-corrected chi connectivity index (χ2v) is 3.22. The highest BCUT2D eigenvalue weighted by atomic mass is 16.3. The van der Waals surface area contributed by atoms with Gasteiger partial charge in [-0.3, -0.25) is 4.79 Å². The summed E-state index contributed by atoms with van der Waals surface area (Å²) in [7, 11) is 0. The molecule has 0 saturated heterocycles. The molecule has 0 aromatic rings. The zero-order valence-electron chi connectivity index (χ0n) is 7.48. The first kappa shape index (κ1) is 10.4. The molecular formula is C8H17NO2. The van der Waals surface area contributed by atoms with Crippen LogP contribution in [-0.4, -0.2) is 24.2 Å². The van der Waals surface area contributed by atoms with Crippen molar-refractivity contribution in [1.29, 1.82) is 0 Å². The molecule has 0 heterocycles. The van der Waals surface area contributed by atoms with Gasteiger partial charge in [-0.1, -0.05) is 20.8 Å². The fourth-order valence-electron chi connectivity index (χ4n) is 0.569. The Labute approximate surface area is 67.8 Å². The molecule has 0 fully saturated rings. The lowest BCUT2D eigenvalue weighted by Crippen LogP contribution is -2.37. The maximum Gasteiger partial charge on any atom is 0.225 e. The van der Waals surface area contributed by atoms with Crippen molar-refractivity contribution in [1.82, 2.24) is 5.32 Å². The molecule has 0 atom stereocenters. The van der Waals surface area contributed by atoms with Crippen molar-refractivity contribution in [2.45, 2.75) is 27.2 Å². The Morgan fingerprint density at radius 2 is 2.09 bits per heavy atom. The monoisotopic (exact) mass is 159 g/mol. The van der Waals surface area contributed by atoms with E-state index in [0.29, 0.717) is 6.54 Å². The van der Waals surface area contributed by atoms with E-state index in [9.17, 15) is 4.79 Å². The van der Waals surface area contributed by atoms with Crippen LogP contribution in [0.1, 0.15) is 27.2 Å². The molecule has 0 aliphatic heterocycles. The fraction of sp³-hybridized carbons (Fsp3) is 0.875. The van der Waals surface area contributed by atoms with Crippen molar-refractivity contribution in [3.8, 4) is 0 Å². The number of amides is 1. The van der Waals surface area contributed by atoms with E-state index in [0.717, 1.165) is 6.42 Å². The van der Waals surface area contributed by atoms with Gasteiger partial charge in [0.15, 0.2) is 0 Å². The molecule has 0 radical (unpaired) electrons. The normalized spacial score (nSPS) is 11.3. The Kier molecular flexibility index (Phi) is 4.11. The maximum atomic E-state index is 11.2. The average molecular weight is 159 g/mol. The highest BCUT2D eigenvalue weighted by Gasteiger charge is 2.24. The summed E-state index contributed by atoms with van der Waals surface area (Å²) in [4.78, 5) is 11.2. The van der Waals surface area contributed by atoms with Gasteiger partial charge in [0.1, 0.15) is 0 Å². The van der Waals surface area contributed by atoms with Crippen LogP contribution < -0.4 is 5.32 Å². The summed E-state index contributed by atoms with van der Waals surface area (Å²) in [5, 5.41) is 11.1. The van der Waals surface area contributed by atoms with Crippen LogP contribution in [0.15, 0.2) is 0 Å². The highest BCUT2D eigenvalue weighted by molar-refractivity contribution is 5.81. The molecule has 0 spiro atoms. The van der Waals surface area contributed by atoms with E-state index in [2.05, 4.69) is 5.32 Å². The van der Waals surface area contributed by atoms with E-state index in [-0.39, 0.29) is 17.9 Å². The summed E-state index contributed by atoms with van der Waals surface area (Å²) < 4.78 is 0. The summed E-state index contributed by atoms with van der Waals surface area (Å²) in [5.74, 6) is 0.00838. The predicted octanol–water partition coefficient (Wildman–Crippen LogP) is 0.531. The lowest BCUT2D eigenvalue weighted by atomic mass is 9.89. The molecule has 3 heteroatoms. The largest absolute Gasteiger partial charge is 0.395 e. The zero-order valence-corrected chi connectivity index (χ0v) is 7.48. The second-order valence-electron chi connectivity index (χ2n) is 3.22. The van der Waals surface area contributed by atoms with Crippen LogP contribution in [0.25, 0.3) is 0 Å². The Morgan fingerprint density at radius 1 is 1.55 bits per heavy atom. The van der Waals surface area contributed by atoms with Crippen molar-refractivity contribution in [3.63, 3.8) is 0 Å². The van der Waals surface area contributed by atoms with Crippen LogP contribution in [0.5, 0.6) is 0 Å². The molecule has 3 nitrogen and oxygen atoms in total. The van der Waals surface area contributed by atoms with Gasteiger partial charge in [0.2, 0.25) is 5.91 Å². The van der Waals surface area contributed by atoms with E-state index in [1.165, 1.54) is 0 Å². The Balaban J connectivity index is 3.82. The van der Waals surface area contributed by atoms with Gasteiger partial charge in [-0.2, -0.15) is 0 Å². The van der Waals surface area contributed by atoms with Crippen LogP contribution in [-0.2, 0) is 4.79 Å². The second kappa shape index (κ2) is 4.34. The van der Waals surface area contributed by atoms with E-state index in [1.807, 2.05) is 20.8 Å². The van der Waals surface area contributed by atoms with Crippen LogP contribution in [0, 0.1) is 5.41 Å². The number of aliphatic hydroxyl groups is 1. The number of hydrogen-bond acceptors (Lipinski definition) is 2. The van der Waals surface area contributed by atoms with Crippen LogP contribution >= 0.6 is 0 Å². The minimum atomic E-state index is -0.310. The molecule has 0 saturated carbocycles. The highest BCUT2D eigenvalue weighted by Crippen LogP contribution is 2.18. The zero-order chi connectivity index (χ0) is 8.91. The number of nitrogens with one attached hydrogen (secondary N) is 1. The smallest absolute Gasteiger partial charge is 0.225 e. The van der Waals surface area contributed by atoms with Crippen LogP contribution in [0.2, 0.25) is 0 Å². The first-order valence-corrected chi connectivity index (χ1v) is 3.93. The molecule has 11 heavy (non-hydrogen) atoms. The molecule has 0 bridgehead atoms. The van der Waals surface area contributed by atoms with E-state index in [1.54, 1.807) is 0 Å². The van der Waals surface area contributed by atoms with E-state index < -0.39 is 0 Å². The van der Waals surface area contributed by atoms with Gasteiger partial charge in [0.05, 0.1) is 6.61 Å². The summed E-state index contributed by atoms with van der Waals surface area (Å²) in [6, 6.07) is 0. The number of carbonyl (C=O) groups excluding carboxylic acids is 1. The van der Waals surface area contributed by atoms with Gasteiger partial charge in [0.25, 0.3) is 0 Å². The van der Waals surface area contributed by atoms with Crippen LogP contribution in [0.4, 0.5) is 0 Å². The lowest BCUT2D eigenvalue weighted by Gasteiger charge is -2.20. The van der Waals surface area contributed by atoms with Crippen molar-refractivity contribution < 1.29 is 9.90 Å². The minimum absolute atomic E-state index is 0.00549. The molecule has 0 unspecified atom stereocenters. The molecule has 66 valence electrons. The van der Waals surface area contributed by atoms with Crippen LogP contribution in [0.3, 0.4) is 0 Å². The molecular weight excluding hydrogens is 142 g/mol. The number of hydrogen-bond donors (Lipinski definition) is 2. The third kappa shape index (κ3) is 3.37. The van der Waals surface area contributed by atoms with Crippen molar-refractivity contribution >= 4 is 5.91 Å². The van der Waals surface area contributed by atoms with Gasteiger partial charge in [0, 0.05) is 12.0 Å². The minimum Gasteiger partial charge on any atom is -0.395 e. The van der Waals surface area contributed by atoms with Crippen molar-refractivity contribution in [2.75, 3.05) is 13.2 Å². The van der Waals surface area contributed by atoms with Gasteiger partial charge in [-0.15, -0.1) is 0 Å². The molecule has 0 aromatic heterocycles. The molecule has 1 amide bonds. The van der Waals surface area contributed by atoms with Gasteiger partial charge >= 0.3 is 0 Å². The van der Waals surface area contributed by atoms with Crippen molar-refractivity contribution in [3.05, 3.63) is 0 Å². The third-order valence-corrected chi connectivity index (χ3v) is 1.90. The topological polar surface area (TPSA) is 49.3 Å². The Bertz CT molecular complexity index is 132. The van der Waals surface area contributed by atoms with E-state index >= 15 is 0 Å².